The first-order valence-corrected chi connectivity index (χ1v) is 8.01. The van der Waals surface area contributed by atoms with Crippen LogP contribution in [0.4, 0.5) is 10.5 Å². The lowest BCUT2D eigenvalue weighted by molar-refractivity contribution is -0.112. The van der Waals surface area contributed by atoms with Gasteiger partial charge in [-0.3, -0.25) is 4.79 Å². The van der Waals surface area contributed by atoms with Crippen LogP contribution >= 0.6 is 11.6 Å². The number of ether oxygens (including phenoxy) is 1. The molecule has 0 bridgehead atoms. The number of fused-ring (bicyclic) bond motifs is 1. The van der Waals surface area contributed by atoms with E-state index in [9.17, 15) is 9.59 Å². The third-order valence-corrected chi connectivity index (χ3v) is 4.27. The van der Waals surface area contributed by atoms with Gasteiger partial charge < -0.3 is 15.4 Å². The quantitative estimate of drug-likeness (QED) is 0.680. The van der Waals surface area contributed by atoms with Crippen LogP contribution in [0.15, 0.2) is 12.1 Å². The Balaban J connectivity index is 2.29. The number of ketones is 1. The summed E-state index contributed by atoms with van der Waals surface area (Å²) in [6, 6.07) is 1.95. The minimum atomic E-state index is -0.305. The third kappa shape index (κ3) is 4.05. The van der Waals surface area contributed by atoms with Crippen LogP contribution in [0.1, 0.15) is 30.5 Å². The topological polar surface area (TPSA) is 72.6 Å². The fourth-order valence-corrected chi connectivity index (χ4v) is 2.96. The number of allylic oxidation sites excluding steroid dienone is 1. The molecule has 0 radical (unpaired) electrons. The lowest BCUT2D eigenvalue weighted by Crippen LogP contribution is -2.33. The fraction of sp³-hybridized carbons (Fsp3) is 0.412. The predicted octanol–water partition coefficient (Wildman–Crippen LogP) is 3.08. The Kier molecular flexibility index (Phi) is 5.66. The van der Waals surface area contributed by atoms with Crippen molar-refractivity contribution in [2.45, 2.75) is 26.7 Å². The lowest BCUT2D eigenvalue weighted by Gasteiger charge is -2.18. The molecule has 0 saturated heterocycles. The largest absolute Gasteiger partial charge is 0.450 e. The first kappa shape index (κ1) is 17.3. The normalized spacial score (nSPS) is 14.5. The standard InChI is InChI=1S/C17H21ClN2O3/c1-3-23-17(22)20-8-6-12-10-13(5-4-11(2)21)16(19)15(18)14(12)7-9-20/h4-5,10H,3,6-9,19H2,1-2H3/b5-4+. The van der Waals surface area contributed by atoms with Gasteiger partial charge in [0, 0.05) is 13.1 Å². The summed E-state index contributed by atoms with van der Waals surface area (Å²) in [5.41, 5.74) is 9.31. The van der Waals surface area contributed by atoms with E-state index in [1.807, 2.05) is 6.07 Å². The van der Waals surface area contributed by atoms with Gasteiger partial charge in [-0.15, -0.1) is 0 Å². The number of nitrogens with zero attached hydrogens (tertiary/aromatic N) is 1. The van der Waals surface area contributed by atoms with E-state index < -0.39 is 0 Å². The van der Waals surface area contributed by atoms with Crippen molar-refractivity contribution in [2.24, 2.45) is 0 Å². The molecule has 2 rings (SSSR count). The smallest absolute Gasteiger partial charge is 0.409 e. The molecule has 6 heteroatoms. The van der Waals surface area contributed by atoms with Gasteiger partial charge in [-0.25, -0.2) is 4.79 Å². The Labute approximate surface area is 141 Å². The highest BCUT2D eigenvalue weighted by atomic mass is 35.5. The van der Waals surface area contributed by atoms with Gasteiger partial charge >= 0.3 is 6.09 Å². The van der Waals surface area contributed by atoms with E-state index >= 15 is 0 Å². The molecule has 1 aromatic rings. The van der Waals surface area contributed by atoms with Crippen LogP contribution in [0.25, 0.3) is 6.08 Å². The van der Waals surface area contributed by atoms with Crippen molar-refractivity contribution >= 4 is 35.2 Å². The third-order valence-electron chi connectivity index (χ3n) is 3.84. The van der Waals surface area contributed by atoms with Gasteiger partial charge in [-0.1, -0.05) is 11.6 Å². The van der Waals surface area contributed by atoms with Gasteiger partial charge in [-0.2, -0.15) is 0 Å². The molecule has 23 heavy (non-hydrogen) atoms. The lowest BCUT2D eigenvalue weighted by atomic mass is 9.98. The van der Waals surface area contributed by atoms with Crippen molar-refractivity contribution in [3.63, 3.8) is 0 Å². The number of hydrogen-bond acceptors (Lipinski definition) is 4. The van der Waals surface area contributed by atoms with Gasteiger partial charge in [0.15, 0.2) is 5.78 Å². The second-order valence-corrected chi connectivity index (χ2v) is 5.84. The number of halogens is 1. The summed E-state index contributed by atoms with van der Waals surface area (Å²) < 4.78 is 5.06. The van der Waals surface area contributed by atoms with Crippen molar-refractivity contribution < 1.29 is 14.3 Å². The monoisotopic (exact) mass is 336 g/mol. The van der Waals surface area contributed by atoms with Gasteiger partial charge in [0.25, 0.3) is 0 Å². The highest BCUT2D eigenvalue weighted by Crippen LogP contribution is 2.33. The SMILES string of the molecule is CCOC(=O)N1CCc2cc(/C=C/C(C)=O)c(N)c(Cl)c2CC1. The summed E-state index contributed by atoms with van der Waals surface area (Å²) in [7, 11) is 0. The zero-order valence-electron chi connectivity index (χ0n) is 13.4. The maximum atomic E-state index is 11.9. The highest BCUT2D eigenvalue weighted by molar-refractivity contribution is 6.34. The molecule has 0 saturated carbocycles. The summed E-state index contributed by atoms with van der Waals surface area (Å²) in [6.45, 7) is 4.75. The molecule has 0 spiro atoms. The molecule has 0 fully saturated rings. The highest BCUT2D eigenvalue weighted by Gasteiger charge is 2.22. The molecule has 124 valence electrons. The van der Waals surface area contributed by atoms with E-state index in [1.54, 1.807) is 17.9 Å². The average molecular weight is 337 g/mol. The summed E-state index contributed by atoms with van der Waals surface area (Å²) in [5, 5.41) is 0.511. The number of nitrogen functional groups attached to an aromatic ring is 1. The predicted molar refractivity (Wildman–Crippen MR) is 91.6 cm³/mol. The Morgan fingerprint density at radius 3 is 2.74 bits per heavy atom. The number of anilines is 1. The summed E-state index contributed by atoms with van der Waals surface area (Å²) >= 11 is 6.41. The zero-order chi connectivity index (χ0) is 17.0. The van der Waals surface area contributed by atoms with Crippen LogP contribution in [0.3, 0.4) is 0 Å². The average Bonchev–Trinajstić information content (AvgIpc) is 2.72. The van der Waals surface area contributed by atoms with Crippen LogP contribution in [-0.2, 0) is 22.4 Å². The number of hydrogen-bond donors (Lipinski definition) is 1. The molecule has 0 aromatic heterocycles. The molecule has 1 heterocycles. The second-order valence-electron chi connectivity index (χ2n) is 5.46. The van der Waals surface area contributed by atoms with Crippen LogP contribution in [0.5, 0.6) is 0 Å². The Hall–Kier alpha value is -2.01. The zero-order valence-corrected chi connectivity index (χ0v) is 14.2. The van der Waals surface area contributed by atoms with E-state index in [0.29, 0.717) is 43.2 Å². The molecular formula is C17H21ClN2O3. The van der Waals surface area contributed by atoms with Gasteiger partial charge in [0.1, 0.15) is 0 Å². The minimum absolute atomic E-state index is 0.0519. The van der Waals surface area contributed by atoms with Gasteiger partial charge in [-0.05, 0) is 61.6 Å². The first-order chi connectivity index (χ1) is 10.9. The Bertz CT molecular complexity index is 656. The minimum Gasteiger partial charge on any atom is -0.450 e. The van der Waals surface area contributed by atoms with Crippen molar-refractivity contribution in [1.82, 2.24) is 4.90 Å². The molecular weight excluding hydrogens is 316 g/mol. The van der Waals surface area contributed by atoms with Crippen molar-refractivity contribution in [3.05, 3.63) is 33.9 Å². The number of benzene rings is 1. The van der Waals surface area contributed by atoms with E-state index in [0.717, 1.165) is 16.7 Å². The van der Waals surface area contributed by atoms with E-state index in [1.165, 1.54) is 13.0 Å². The van der Waals surface area contributed by atoms with Crippen LogP contribution in [0, 0.1) is 0 Å². The number of nitrogens with two attached hydrogens (primary N) is 1. The van der Waals surface area contributed by atoms with E-state index in [2.05, 4.69) is 0 Å². The summed E-state index contributed by atoms with van der Waals surface area (Å²) in [5.74, 6) is -0.0519. The van der Waals surface area contributed by atoms with Crippen LogP contribution in [-0.4, -0.2) is 36.5 Å². The van der Waals surface area contributed by atoms with Crippen LogP contribution in [0.2, 0.25) is 5.02 Å². The number of rotatable bonds is 3. The second kappa shape index (κ2) is 7.51. The van der Waals surface area contributed by atoms with Gasteiger partial charge in [0.05, 0.1) is 17.3 Å². The molecule has 1 aliphatic heterocycles. The number of amides is 1. The molecule has 0 unspecified atom stereocenters. The fourth-order valence-electron chi connectivity index (χ4n) is 2.63. The molecule has 1 aromatic carbocycles. The van der Waals surface area contributed by atoms with Crippen LogP contribution < -0.4 is 5.73 Å². The number of carbonyl (C=O) groups is 2. The molecule has 1 aliphatic rings. The van der Waals surface area contributed by atoms with Crippen molar-refractivity contribution in [2.75, 3.05) is 25.4 Å². The van der Waals surface area contributed by atoms with Gasteiger partial charge in [0.2, 0.25) is 0 Å². The maximum Gasteiger partial charge on any atom is 0.409 e. The molecule has 0 aliphatic carbocycles. The Morgan fingerprint density at radius 1 is 1.39 bits per heavy atom. The Morgan fingerprint density at radius 2 is 2.09 bits per heavy atom. The first-order valence-electron chi connectivity index (χ1n) is 7.64. The van der Waals surface area contributed by atoms with Crippen molar-refractivity contribution in [3.8, 4) is 0 Å². The van der Waals surface area contributed by atoms with E-state index in [4.69, 9.17) is 22.1 Å². The molecule has 0 atom stereocenters. The molecule has 1 amide bonds. The maximum absolute atomic E-state index is 11.9. The number of carbonyl (C=O) groups excluding carboxylic acids is 2. The summed E-state index contributed by atoms with van der Waals surface area (Å²) in [4.78, 5) is 24.7. The van der Waals surface area contributed by atoms with E-state index in [-0.39, 0.29) is 11.9 Å². The van der Waals surface area contributed by atoms with Crippen molar-refractivity contribution in [1.29, 1.82) is 0 Å². The molecule has 2 N–H and O–H groups in total. The summed E-state index contributed by atoms with van der Waals surface area (Å²) in [6.07, 6.45) is 4.15. The molecule has 5 nitrogen and oxygen atoms in total.